The second-order valence-electron chi connectivity index (χ2n) is 4.95. The van der Waals surface area contributed by atoms with Gasteiger partial charge in [0.15, 0.2) is 0 Å². The summed E-state index contributed by atoms with van der Waals surface area (Å²) in [7, 11) is 5.57. The summed E-state index contributed by atoms with van der Waals surface area (Å²) < 4.78 is 40.3. The minimum atomic E-state index is -0.949. The third kappa shape index (κ3) is 10.6. The zero-order valence-electron chi connectivity index (χ0n) is 16.2. The van der Waals surface area contributed by atoms with Crippen LogP contribution < -0.4 is 0 Å². The van der Waals surface area contributed by atoms with Crippen molar-refractivity contribution in [1.29, 1.82) is 0 Å². The highest BCUT2D eigenvalue weighted by Gasteiger charge is 2.21. The smallest absolute Gasteiger partial charge is 0.308 e. The van der Waals surface area contributed by atoms with Crippen LogP contribution in [0.4, 0.5) is 0 Å². The van der Waals surface area contributed by atoms with Crippen molar-refractivity contribution >= 4 is 11.9 Å². The maximum atomic E-state index is 11.8. The quantitative estimate of drug-likeness (QED) is 0.305. The third-order valence-electron chi connectivity index (χ3n) is 3.02. The maximum Gasteiger partial charge on any atom is 0.308 e. The molecule has 2 unspecified atom stereocenters. The van der Waals surface area contributed by atoms with Gasteiger partial charge in [0, 0.05) is 41.3 Å². The summed E-state index contributed by atoms with van der Waals surface area (Å²) in [5.41, 5.74) is 0. The van der Waals surface area contributed by atoms with Crippen LogP contribution >= 0.6 is 0 Å². The molecule has 0 aliphatic carbocycles. The van der Waals surface area contributed by atoms with E-state index in [9.17, 15) is 9.59 Å². The first-order chi connectivity index (χ1) is 12.4. The standard InChI is InChI=1S/C16H30O10/c1-7-13(25-15(19-3)20-4)23-11(17)9-10-12(18)24-14(8-2)26-16(21-5)22-6/h13-16H,7-10H2,1-6H3. The molecule has 0 aliphatic heterocycles. The van der Waals surface area contributed by atoms with Crippen LogP contribution in [0.25, 0.3) is 0 Å². The molecular formula is C16H30O10. The largest absolute Gasteiger partial charge is 0.436 e. The molecule has 0 aromatic carbocycles. The van der Waals surface area contributed by atoms with Crippen LogP contribution in [0.15, 0.2) is 0 Å². The zero-order valence-corrected chi connectivity index (χ0v) is 16.2. The Morgan fingerprint density at radius 3 is 1.19 bits per heavy atom. The molecule has 26 heavy (non-hydrogen) atoms. The molecule has 0 aliphatic rings. The molecule has 0 N–H and O–H groups in total. The molecule has 154 valence electrons. The summed E-state index contributed by atoms with van der Waals surface area (Å²) >= 11 is 0. The SMILES string of the molecule is CCC(OC(=O)CCC(=O)OC(CC)OC(OC)OC)OC(OC)OC. The van der Waals surface area contributed by atoms with Gasteiger partial charge in [0.1, 0.15) is 0 Å². The number of methoxy groups -OCH3 is 4. The highest BCUT2D eigenvalue weighted by Crippen LogP contribution is 2.11. The van der Waals surface area contributed by atoms with Gasteiger partial charge in [-0.15, -0.1) is 0 Å². The van der Waals surface area contributed by atoms with Gasteiger partial charge in [-0.2, -0.15) is 0 Å². The fraction of sp³-hybridized carbons (Fsp3) is 0.875. The Balaban J connectivity index is 4.28. The fourth-order valence-electron chi connectivity index (χ4n) is 1.69. The molecule has 0 aromatic rings. The van der Waals surface area contributed by atoms with E-state index < -0.39 is 37.5 Å². The molecule has 0 amide bonds. The van der Waals surface area contributed by atoms with E-state index in [0.29, 0.717) is 12.8 Å². The van der Waals surface area contributed by atoms with Gasteiger partial charge in [-0.3, -0.25) is 19.1 Å². The van der Waals surface area contributed by atoms with E-state index in [0.717, 1.165) is 0 Å². The van der Waals surface area contributed by atoms with Gasteiger partial charge in [-0.25, -0.2) is 0 Å². The topological polar surface area (TPSA) is 108 Å². The van der Waals surface area contributed by atoms with E-state index in [-0.39, 0.29) is 12.8 Å². The van der Waals surface area contributed by atoms with Crippen LogP contribution in [-0.2, 0) is 47.5 Å². The molecule has 0 fully saturated rings. The lowest BCUT2D eigenvalue weighted by atomic mass is 10.3. The second kappa shape index (κ2) is 14.8. The Morgan fingerprint density at radius 1 is 0.654 bits per heavy atom. The minimum absolute atomic E-state index is 0.169. The van der Waals surface area contributed by atoms with Crippen molar-refractivity contribution in [2.24, 2.45) is 0 Å². The Morgan fingerprint density at radius 2 is 0.962 bits per heavy atom. The Bertz CT molecular complexity index is 345. The van der Waals surface area contributed by atoms with E-state index in [4.69, 9.17) is 37.9 Å². The predicted molar refractivity (Wildman–Crippen MR) is 87.4 cm³/mol. The number of hydrogen-bond acceptors (Lipinski definition) is 10. The number of carbonyl (C=O) groups is 2. The van der Waals surface area contributed by atoms with Crippen molar-refractivity contribution in [3.63, 3.8) is 0 Å². The number of esters is 2. The summed E-state index contributed by atoms with van der Waals surface area (Å²) in [6, 6.07) is 0. The predicted octanol–water partition coefficient (Wildman–Crippen LogP) is 1.51. The summed E-state index contributed by atoms with van der Waals surface area (Å²) in [6.45, 7) is 1.63. The van der Waals surface area contributed by atoms with Gasteiger partial charge >= 0.3 is 11.9 Å². The van der Waals surface area contributed by atoms with Crippen LogP contribution in [0, 0.1) is 0 Å². The average molecular weight is 382 g/mol. The van der Waals surface area contributed by atoms with Crippen LogP contribution in [-0.4, -0.2) is 65.9 Å². The first-order valence-electron chi connectivity index (χ1n) is 8.24. The van der Waals surface area contributed by atoms with Crippen molar-refractivity contribution in [3.8, 4) is 0 Å². The molecule has 0 radical (unpaired) electrons. The van der Waals surface area contributed by atoms with Crippen LogP contribution in [0.3, 0.4) is 0 Å². The lowest BCUT2D eigenvalue weighted by Gasteiger charge is -2.22. The highest BCUT2D eigenvalue weighted by molar-refractivity contribution is 5.77. The van der Waals surface area contributed by atoms with E-state index in [1.807, 2.05) is 0 Å². The molecule has 0 spiro atoms. The molecule has 0 saturated heterocycles. The van der Waals surface area contributed by atoms with Crippen molar-refractivity contribution in [2.45, 2.75) is 65.1 Å². The third-order valence-corrected chi connectivity index (χ3v) is 3.02. The molecule has 0 saturated carbocycles. The Labute approximate surface area is 153 Å². The molecule has 0 rings (SSSR count). The zero-order chi connectivity index (χ0) is 19.9. The first-order valence-corrected chi connectivity index (χ1v) is 8.24. The normalized spacial score (nSPS) is 13.7. The van der Waals surface area contributed by atoms with Gasteiger partial charge in [0.25, 0.3) is 13.0 Å². The molecule has 0 heterocycles. The molecule has 10 heteroatoms. The van der Waals surface area contributed by atoms with E-state index in [2.05, 4.69) is 0 Å². The van der Waals surface area contributed by atoms with E-state index in [1.54, 1.807) is 13.8 Å². The van der Waals surface area contributed by atoms with Crippen molar-refractivity contribution in [2.75, 3.05) is 28.4 Å². The number of rotatable bonds is 15. The summed E-state index contributed by atoms with van der Waals surface area (Å²) in [6.07, 6.45) is -1.25. The van der Waals surface area contributed by atoms with Gasteiger partial charge in [-0.05, 0) is 0 Å². The number of carbonyl (C=O) groups excluding carboxylic acids is 2. The van der Waals surface area contributed by atoms with Crippen molar-refractivity contribution in [3.05, 3.63) is 0 Å². The van der Waals surface area contributed by atoms with Gasteiger partial charge < -0.3 is 28.4 Å². The molecular weight excluding hydrogens is 352 g/mol. The number of hydrogen-bond donors (Lipinski definition) is 0. The van der Waals surface area contributed by atoms with E-state index in [1.165, 1.54) is 28.4 Å². The molecule has 0 aromatic heterocycles. The maximum absolute atomic E-state index is 11.8. The summed E-state index contributed by atoms with van der Waals surface area (Å²) in [4.78, 5) is 23.7. The van der Waals surface area contributed by atoms with Crippen LogP contribution in [0.5, 0.6) is 0 Å². The van der Waals surface area contributed by atoms with Crippen LogP contribution in [0.1, 0.15) is 39.5 Å². The highest BCUT2D eigenvalue weighted by atomic mass is 16.9. The second-order valence-corrected chi connectivity index (χ2v) is 4.95. The summed E-state index contributed by atoms with van der Waals surface area (Å²) in [5, 5.41) is 0. The van der Waals surface area contributed by atoms with E-state index >= 15 is 0 Å². The lowest BCUT2D eigenvalue weighted by molar-refractivity contribution is -0.321. The number of ether oxygens (including phenoxy) is 8. The minimum Gasteiger partial charge on any atom is -0.436 e. The van der Waals surface area contributed by atoms with Gasteiger partial charge in [-0.1, -0.05) is 13.8 Å². The van der Waals surface area contributed by atoms with Crippen molar-refractivity contribution in [1.82, 2.24) is 0 Å². The van der Waals surface area contributed by atoms with Gasteiger partial charge in [0.05, 0.1) is 12.8 Å². The molecule has 10 nitrogen and oxygen atoms in total. The Hall–Kier alpha value is -1.30. The van der Waals surface area contributed by atoms with Gasteiger partial charge in [0.2, 0.25) is 12.6 Å². The molecule has 0 bridgehead atoms. The molecule has 2 atom stereocenters. The Kier molecular flexibility index (Phi) is 14.1. The fourth-order valence-corrected chi connectivity index (χ4v) is 1.69. The lowest BCUT2D eigenvalue weighted by Crippen LogP contribution is -2.30. The first kappa shape index (κ1) is 24.7. The average Bonchev–Trinajstić information content (AvgIpc) is 2.66. The monoisotopic (exact) mass is 382 g/mol. The van der Waals surface area contributed by atoms with Crippen molar-refractivity contribution < 1.29 is 47.5 Å². The van der Waals surface area contributed by atoms with Crippen LogP contribution in [0.2, 0.25) is 0 Å². The summed E-state index contributed by atoms with van der Waals surface area (Å²) in [5.74, 6) is -1.22.